The second-order valence-corrected chi connectivity index (χ2v) is 5.31. The summed E-state index contributed by atoms with van der Waals surface area (Å²) in [6.07, 6.45) is 2.48. The standard InChI is InChI=1S/C16H26N2O2/c1-4-5-14-11-17-8-9-18(14)12-13-6-7-15(19-2)16(10-13)20-3/h6-7,10,14,17H,4-5,8-9,11-12H2,1-3H3. The largest absolute Gasteiger partial charge is 0.493 e. The normalized spacial score (nSPS) is 19.9. The molecule has 0 amide bonds. The van der Waals surface area contributed by atoms with E-state index >= 15 is 0 Å². The second-order valence-electron chi connectivity index (χ2n) is 5.31. The van der Waals surface area contributed by atoms with Crippen molar-refractivity contribution >= 4 is 0 Å². The van der Waals surface area contributed by atoms with E-state index < -0.39 is 0 Å². The summed E-state index contributed by atoms with van der Waals surface area (Å²) in [5.74, 6) is 1.61. The van der Waals surface area contributed by atoms with Gasteiger partial charge in [0.1, 0.15) is 0 Å². The summed E-state index contributed by atoms with van der Waals surface area (Å²) in [7, 11) is 3.36. The zero-order chi connectivity index (χ0) is 14.4. The lowest BCUT2D eigenvalue weighted by molar-refractivity contribution is 0.144. The molecule has 0 bridgehead atoms. The van der Waals surface area contributed by atoms with Crippen molar-refractivity contribution in [2.75, 3.05) is 33.9 Å². The molecule has 0 aliphatic carbocycles. The second kappa shape index (κ2) is 7.50. The molecule has 112 valence electrons. The van der Waals surface area contributed by atoms with Gasteiger partial charge in [0.2, 0.25) is 0 Å². The monoisotopic (exact) mass is 278 g/mol. The highest BCUT2D eigenvalue weighted by Crippen LogP contribution is 2.28. The van der Waals surface area contributed by atoms with Crippen LogP contribution in [0.25, 0.3) is 0 Å². The van der Waals surface area contributed by atoms with Gasteiger partial charge >= 0.3 is 0 Å². The van der Waals surface area contributed by atoms with Gasteiger partial charge in [-0.3, -0.25) is 4.90 Å². The number of ether oxygens (including phenoxy) is 2. The molecule has 1 aliphatic heterocycles. The summed E-state index contributed by atoms with van der Waals surface area (Å²) in [6, 6.07) is 6.85. The highest BCUT2D eigenvalue weighted by Gasteiger charge is 2.21. The molecule has 1 saturated heterocycles. The minimum atomic E-state index is 0.641. The molecule has 1 heterocycles. The van der Waals surface area contributed by atoms with Gasteiger partial charge in [0.15, 0.2) is 11.5 Å². The Balaban J connectivity index is 2.07. The minimum Gasteiger partial charge on any atom is -0.493 e. The van der Waals surface area contributed by atoms with Crippen molar-refractivity contribution in [2.24, 2.45) is 0 Å². The van der Waals surface area contributed by atoms with E-state index in [0.717, 1.165) is 37.7 Å². The Labute approximate surface area is 122 Å². The van der Waals surface area contributed by atoms with Gasteiger partial charge < -0.3 is 14.8 Å². The summed E-state index contributed by atoms with van der Waals surface area (Å²) in [5, 5.41) is 3.49. The zero-order valence-electron chi connectivity index (χ0n) is 12.8. The van der Waals surface area contributed by atoms with Crippen molar-refractivity contribution in [2.45, 2.75) is 32.4 Å². The molecule has 1 fully saturated rings. The van der Waals surface area contributed by atoms with Crippen LogP contribution in [0.4, 0.5) is 0 Å². The number of nitrogens with zero attached hydrogens (tertiary/aromatic N) is 1. The molecule has 1 aliphatic rings. The topological polar surface area (TPSA) is 33.7 Å². The van der Waals surface area contributed by atoms with Crippen molar-refractivity contribution in [3.05, 3.63) is 23.8 Å². The van der Waals surface area contributed by atoms with Crippen molar-refractivity contribution in [1.29, 1.82) is 0 Å². The van der Waals surface area contributed by atoms with Crippen LogP contribution in [0, 0.1) is 0 Å². The number of methoxy groups -OCH3 is 2. The van der Waals surface area contributed by atoms with Crippen LogP contribution in [0.1, 0.15) is 25.3 Å². The first-order valence-electron chi connectivity index (χ1n) is 7.44. The lowest BCUT2D eigenvalue weighted by Crippen LogP contribution is -2.50. The number of hydrogen-bond donors (Lipinski definition) is 1. The van der Waals surface area contributed by atoms with Crippen LogP contribution < -0.4 is 14.8 Å². The molecular weight excluding hydrogens is 252 g/mol. The molecule has 4 nitrogen and oxygen atoms in total. The summed E-state index contributed by atoms with van der Waals surface area (Å²) in [4.78, 5) is 2.57. The number of rotatable bonds is 6. The van der Waals surface area contributed by atoms with E-state index in [4.69, 9.17) is 9.47 Å². The predicted octanol–water partition coefficient (Wildman–Crippen LogP) is 2.28. The lowest BCUT2D eigenvalue weighted by atomic mass is 10.1. The van der Waals surface area contributed by atoms with E-state index in [0.29, 0.717) is 6.04 Å². The van der Waals surface area contributed by atoms with E-state index in [1.54, 1.807) is 14.2 Å². The molecule has 0 radical (unpaired) electrons. The van der Waals surface area contributed by atoms with Crippen LogP contribution >= 0.6 is 0 Å². The Morgan fingerprint density at radius 1 is 1.25 bits per heavy atom. The minimum absolute atomic E-state index is 0.641. The highest BCUT2D eigenvalue weighted by atomic mass is 16.5. The van der Waals surface area contributed by atoms with Crippen molar-refractivity contribution < 1.29 is 9.47 Å². The highest BCUT2D eigenvalue weighted by molar-refractivity contribution is 5.42. The third-order valence-corrected chi connectivity index (χ3v) is 3.93. The molecule has 20 heavy (non-hydrogen) atoms. The van der Waals surface area contributed by atoms with Crippen LogP contribution in [-0.2, 0) is 6.54 Å². The summed E-state index contributed by atoms with van der Waals surface area (Å²) in [5.41, 5.74) is 1.28. The summed E-state index contributed by atoms with van der Waals surface area (Å²) >= 11 is 0. The molecule has 0 spiro atoms. The third kappa shape index (κ3) is 3.64. The number of nitrogens with one attached hydrogen (secondary N) is 1. The smallest absolute Gasteiger partial charge is 0.161 e. The average Bonchev–Trinajstić information content (AvgIpc) is 2.49. The van der Waals surface area contributed by atoms with Crippen LogP contribution in [0.2, 0.25) is 0 Å². The lowest BCUT2D eigenvalue weighted by Gasteiger charge is -2.36. The van der Waals surface area contributed by atoms with Crippen molar-refractivity contribution in [3.63, 3.8) is 0 Å². The Bertz CT molecular complexity index is 421. The van der Waals surface area contributed by atoms with Gasteiger partial charge in [-0.2, -0.15) is 0 Å². The fraction of sp³-hybridized carbons (Fsp3) is 0.625. The molecule has 1 aromatic rings. The summed E-state index contributed by atoms with van der Waals surface area (Å²) < 4.78 is 10.7. The maximum Gasteiger partial charge on any atom is 0.161 e. The Morgan fingerprint density at radius 2 is 2.05 bits per heavy atom. The molecule has 0 saturated carbocycles. The maximum absolute atomic E-state index is 5.38. The number of benzene rings is 1. The molecule has 1 aromatic carbocycles. The van der Waals surface area contributed by atoms with E-state index in [-0.39, 0.29) is 0 Å². The first-order chi connectivity index (χ1) is 9.78. The van der Waals surface area contributed by atoms with Gasteiger partial charge in [-0.1, -0.05) is 19.4 Å². The van der Waals surface area contributed by atoms with Gasteiger partial charge in [0.05, 0.1) is 14.2 Å². The van der Waals surface area contributed by atoms with Gasteiger partial charge in [0.25, 0.3) is 0 Å². The van der Waals surface area contributed by atoms with Gasteiger partial charge in [-0.25, -0.2) is 0 Å². The van der Waals surface area contributed by atoms with Gasteiger partial charge in [-0.05, 0) is 24.1 Å². The fourth-order valence-corrected chi connectivity index (χ4v) is 2.84. The molecule has 1 unspecified atom stereocenters. The van der Waals surface area contributed by atoms with Crippen LogP contribution in [-0.4, -0.2) is 44.8 Å². The number of piperazine rings is 1. The molecule has 1 atom stereocenters. The van der Waals surface area contributed by atoms with Crippen molar-refractivity contribution in [3.8, 4) is 11.5 Å². The molecule has 1 N–H and O–H groups in total. The quantitative estimate of drug-likeness (QED) is 0.865. The third-order valence-electron chi connectivity index (χ3n) is 3.93. The van der Waals surface area contributed by atoms with Crippen molar-refractivity contribution in [1.82, 2.24) is 10.2 Å². The van der Waals surface area contributed by atoms with E-state index in [9.17, 15) is 0 Å². The van der Waals surface area contributed by atoms with E-state index in [1.807, 2.05) is 6.07 Å². The predicted molar refractivity (Wildman–Crippen MR) is 81.5 cm³/mol. The first-order valence-corrected chi connectivity index (χ1v) is 7.44. The zero-order valence-corrected chi connectivity index (χ0v) is 12.8. The number of hydrogen-bond acceptors (Lipinski definition) is 4. The molecule has 2 rings (SSSR count). The van der Waals surface area contributed by atoms with Gasteiger partial charge in [-0.15, -0.1) is 0 Å². The van der Waals surface area contributed by atoms with Crippen LogP contribution in [0.5, 0.6) is 11.5 Å². The Morgan fingerprint density at radius 3 is 2.75 bits per heavy atom. The Kier molecular flexibility index (Phi) is 5.68. The SMILES string of the molecule is CCCC1CNCCN1Cc1ccc(OC)c(OC)c1. The van der Waals surface area contributed by atoms with E-state index in [1.165, 1.54) is 18.4 Å². The molecule has 4 heteroatoms. The average molecular weight is 278 g/mol. The van der Waals surface area contributed by atoms with Gasteiger partial charge in [0, 0.05) is 32.2 Å². The first kappa shape index (κ1) is 15.1. The Hall–Kier alpha value is -1.26. The maximum atomic E-state index is 5.38. The molecule has 0 aromatic heterocycles. The van der Waals surface area contributed by atoms with Crippen LogP contribution in [0.3, 0.4) is 0 Å². The van der Waals surface area contributed by atoms with Crippen LogP contribution in [0.15, 0.2) is 18.2 Å². The summed E-state index contributed by atoms with van der Waals surface area (Å²) in [6.45, 7) is 6.52. The fourth-order valence-electron chi connectivity index (χ4n) is 2.84. The van der Waals surface area contributed by atoms with E-state index in [2.05, 4.69) is 29.3 Å². The molecular formula is C16H26N2O2.